The van der Waals surface area contributed by atoms with E-state index in [1.807, 2.05) is 13.8 Å². The van der Waals surface area contributed by atoms with Crippen molar-refractivity contribution in [2.24, 2.45) is 5.92 Å². The predicted molar refractivity (Wildman–Crippen MR) is 83.6 cm³/mol. The first-order valence-electron chi connectivity index (χ1n) is 7.78. The molecule has 1 aliphatic rings. The summed E-state index contributed by atoms with van der Waals surface area (Å²) < 4.78 is 5.57. The summed E-state index contributed by atoms with van der Waals surface area (Å²) in [7, 11) is 0. The number of aromatic hydroxyl groups is 1. The predicted octanol–water partition coefficient (Wildman–Crippen LogP) is 1.62. The van der Waals surface area contributed by atoms with E-state index in [9.17, 15) is 15.0 Å². The van der Waals surface area contributed by atoms with Gasteiger partial charge in [-0.25, -0.2) is 4.79 Å². The van der Waals surface area contributed by atoms with Crippen molar-refractivity contribution in [1.29, 1.82) is 0 Å². The number of esters is 1. The molecule has 0 aromatic heterocycles. The summed E-state index contributed by atoms with van der Waals surface area (Å²) in [6.45, 7) is 5.69. The first-order valence-corrected chi connectivity index (χ1v) is 7.78. The van der Waals surface area contributed by atoms with Gasteiger partial charge in [0.05, 0.1) is 0 Å². The lowest BCUT2D eigenvalue weighted by Gasteiger charge is -2.37. The highest BCUT2D eigenvalue weighted by atomic mass is 16.6. The standard InChI is InChI=1S/C17H25NO4/c1-17(2,13-7-9-18-10-8-13)22-16(21)15(20)11-12-3-5-14(19)6-4-12/h3-6,13,15,18-20H,7-11H2,1-2H3. The highest BCUT2D eigenvalue weighted by Gasteiger charge is 2.35. The molecule has 2 rings (SSSR count). The van der Waals surface area contributed by atoms with Crippen LogP contribution in [0.4, 0.5) is 0 Å². The second-order valence-electron chi connectivity index (χ2n) is 6.44. The Bertz CT molecular complexity index is 492. The van der Waals surface area contributed by atoms with E-state index >= 15 is 0 Å². The van der Waals surface area contributed by atoms with Gasteiger partial charge < -0.3 is 20.3 Å². The Kier molecular flexibility index (Phi) is 5.42. The molecule has 3 N–H and O–H groups in total. The van der Waals surface area contributed by atoms with Gasteiger partial charge in [0.25, 0.3) is 0 Å². The summed E-state index contributed by atoms with van der Waals surface area (Å²) in [5, 5.41) is 22.6. The maximum Gasteiger partial charge on any atom is 0.335 e. The second kappa shape index (κ2) is 7.11. The van der Waals surface area contributed by atoms with E-state index < -0.39 is 17.7 Å². The molecular formula is C17H25NO4. The van der Waals surface area contributed by atoms with Crippen LogP contribution in [0.3, 0.4) is 0 Å². The normalized spacial score (nSPS) is 18.0. The van der Waals surface area contributed by atoms with Crippen LogP contribution >= 0.6 is 0 Å². The number of phenolic OH excluding ortho intramolecular Hbond substituents is 1. The van der Waals surface area contributed by atoms with Crippen molar-refractivity contribution in [2.45, 2.75) is 44.8 Å². The molecule has 1 atom stereocenters. The lowest BCUT2D eigenvalue weighted by Crippen LogP contribution is -2.44. The molecule has 22 heavy (non-hydrogen) atoms. The van der Waals surface area contributed by atoms with Gasteiger partial charge in [0, 0.05) is 12.3 Å². The third-order valence-electron chi connectivity index (χ3n) is 4.32. The number of phenols is 1. The average molecular weight is 307 g/mol. The number of hydrogen-bond donors (Lipinski definition) is 3. The Balaban J connectivity index is 1.90. The van der Waals surface area contributed by atoms with Crippen LogP contribution < -0.4 is 5.32 Å². The van der Waals surface area contributed by atoms with Gasteiger partial charge in [0.2, 0.25) is 0 Å². The van der Waals surface area contributed by atoms with E-state index in [0.29, 0.717) is 5.92 Å². The van der Waals surface area contributed by atoms with Gasteiger partial charge >= 0.3 is 5.97 Å². The number of aliphatic hydroxyl groups is 1. The molecule has 5 heteroatoms. The van der Waals surface area contributed by atoms with Gasteiger partial charge in [-0.2, -0.15) is 0 Å². The minimum absolute atomic E-state index is 0.160. The molecule has 0 spiro atoms. The summed E-state index contributed by atoms with van der Waals surface area (Å²) in [5.41, 5.74) is 0.205. The van der Waals surface area contributed by atoms with E-state index in [-0.39, 0.29) is 12.2 Å². The Morgan fingerprint density at radius 3 is 2.50 bits per heavy atom. The van der Waals surface area contributed by atoms with Crippen LogP contribution in [0.2, 0.25) is 0 Å². The number of aliphatic hydroxyl groups excluding tert-OH is 1. The van der Waals surface area contributed by atoms with Gasteiger partial charge in [-0.05, 0) is 57.5 Å². The fraction of sp³-hybridized carbons (Fsp3) is 0.588. The van der Waals surface area contributed by atoms with Crippen molar-refractivity contribution >= 4 is 5.97 Å². The zero-order valence-corrected chi connectivity index (χ0v) is 13.2. The van der Waals surface area contributed by atoms with Crippen LogP contribution in [0.5, 0.6) is 5.75 Å². The van der Waals surface area contributed by atoms with Gasteiger partial charge in [0.15, 0.2) is 6.10 Å². The Morgan fingerprint density at radius 2 is 1.91 bits per heavy atom. The Labute approximate surface area is 131 Å². The number of rotatable bonds is 5. The minimum Gasteiger partial charge on any atom is -0.508 e. The summed E-state index contributed by atoms with van der Waals surface area (Å²) in [6, 6.07) is 6.44. The molecule has 0 radical (unpaired) electrons. The number of carbonyl (C=O) groups excluding carboxylic acids is 1. The molecule has 0 aliphatic carbocycles. The first kappa shape index (κ1) is 16.8. The SMILES string of the molecule is CC(C)(OC(=O)C(O)Cc1ccc(O)cc1)C1CCNCC1. The number of piperidine rings is 1. The molecule has 1 saturated heterocycles. The molecule has 1 aromatic carbocycles. The van der Waals surface area contributed by atoms with E-state index in [1.165, 1.54) is 12.1 Å². The Hall–Kier alpha value is -1.59. The van der Waals surface area contributed by atoms with Crippen molar-refractivity contribution in [3.63, 3.8) is 0 Å². The maximum absolute atomic E-state index is 12.1. The maximum atomic E-state index is 12.1. The van der Waals surface area contributed by atoms with Crippen molar-refractivity contribution in [3.8, 4) is 5.75 Å². The zero-order chi connectivity index (χ0) is 16.2. The van der Waals surface area contributed by atoms with E-state index in [4.69, 9.17) is 4.74 Å². The van der Waals surface area contributed by atoms with Crippen LogP contribution in [0.1, 0.15) is 32.3 Å². The first-order chi connectivity index (χ1) is 10.4. The van der Waals surface area contributed by atoms with Gasteiger partial charge in [-0.1, -0.05) is 12.1 Å². The molecule has 1 unspecified atom stereocenters. The molecule has 0 amide bonds. The smallest absolute Gasteiger partial charge is 0.335 e. The molecule has 5 nitrogen and oxygen atoms in total. The summed E-state index contributed by atoms with van der Waals surface area (Å²) in [6.07, 6.45) is 0.926. The zero-order valence-electron chi connectivity index (χ0n) is 13.2. The van der Waals surface area contributed by atoms with E-state index in [2.05, 4.69) is 5.32 Å². The lowest BCUT2D eigenvalue weighted by atomic mass is 9.83. The minimum atomic E-state index is -1.19. The quantitative estimate of drug-likeness (QED) is 0.720. The van der Waals surface area contributed by atoms with E-state index in [1.54, 1.807) is 12.1 Å². The monoisotopic (exact) mass is 307 g/mol. The van der Waals surface area contributed by atoms with Crippen molar-refractivity contribution in [1.82, 2.24) is 5.32 Å². The Morgan fingerprint density at radius 1 is 1.32 bits per heavy atom. The lowest BCUT2D eigenvalue weighted by molar-refractivity contribution is -0.172. The summed E-state index contributed by atoms with van der Waals surface area (Å²) in [4.78, 5) is 12.1. The summed E-state index contributed by atoms with van der Waals surface area (Å²) >= 11 is 0. The molecule has 1 fully saturated rings. The largest absolute Gasteiger partial charge is 0.508 e. The molecule has 1 heterocycles. The molecule has 1 aromatic rings. The summed E-state index contributed by atoms with van der Waals surface area (Å²) in [5.74, 6) is -0.122. The number of nitrogens with one attached hydrogen (secondary N) is 1. The number of hydrogen-bond acceptors (Lipinski definition) is 5. The molecule has 1 aliphatic heterocycles. The van der Waals surface area contributed by atoms with Crippen molar-refractivity contribution in [3.05, 3.63) is 29.8 Å². The van der Waals surface area contributed by atoms with E-state index in [0.717, 1.165) is 31.5 Å². The molecule has 0 bridgehead atoms. The number of benzene rings is 1. The molecular weight excluding hydrogens is 282 g/mol. The van der Waals surface area contributed by atoms with Crippen LogP contribution in [-0.2, 0) is 16.0 Å². The fourth-order valence-electron chi connectivity index (χ4n) is 2.87. The fourth-order valence-corrected chi connectivity index (χ4v) is 2.87. The number of carbonyl (C=O) groups is 1. The third kappa shape index (κ3) is 4.45. The van der Waals surface area contributed by atoms with Crippen molar-refractivity contribution in [2.75, 3.05) is 13.1 Å². The van der Waals surface area contributed by atoms with Crippen molar-refractivity contribution < 1.29 is 19.7 Å². The highest BCUT2D eigenvalue weighted by molar-refractivity contribution is 5.75. The van der Waals surface area contributed by atoms with Crippen LogP contribution in [0.15, 0.2) is 24.3 Å². The molecule has 0 saturated carbocycles. The van der Waals surface area contributed by atoms with Crippen LogP contribution in [-0.4, -0.2) is 41.0 Å². The second-order valence-corrected chi connectivity index (χ2v) is 6.44. The van der Waals surface area contributed by atoms with Gasteiger partial charge in [-0.3, -0.25) is 0 Å². The topological polar surface area (TPSA) is 78.8 Å². The van der Waals surface area contributed by atoms with Crippen LogP contribution in [0.25, 0.3) is 0 Å². The third-order valence-corrected chi connectivity index (χ3v) is 4.32. The van der Waals surface area contributed by atoms with Crippen LogP contribution in [0, 0.1) is 5.92 Å². The van der Waals surface area contributed by atoms with Gasteiger partial charge in [-0.15, -0.1) is 0 Å². The average Bonchev–Trinajstić information content (AvgIpc) is 2.50. The highest BCUT2D eigenvalue weighted by Crippen LogP contribution is 2.29. The number of ether oxygens (including phenoxy) is 1. The molecule has 122 valence electrons. The van der Waals surface area contributed by atoms with Gasteiger partial charge in [0.1, 0.15) is 11.4 Å².